The molecule has 3 rings (SSSR count). The maximum Gasteiger partial charge on any atom is 0.337 e. The Morgan fingerprint density at radius 3 is 2.15 bits per heavy atom. The molecule has 2 N–H and O–H groups in total. The van der Waals surface area contributed by atoms with Gasteiger partial charge in [-0.25, -0.2) is 13.2 Å². The fraction of sp³-hybridized carbons (Fsp3) is 0.0909. The Bertz CT molecular complexity index is 1260. The first-order valence-electron chi connectivity index (χ1n) is 9.37. The van der Waals surface area contributed by atoms with Crippen molar-refractivity contribution in [3.05, 3.63) is 82.3 Å². The lowest BCUT2D eigenvalue weighted by Gasteiger charge is -2.12. The molecular weight excluding hydrogens is 491 g/mol. The molecule has 0 aromatic heterocycles. The molecule has 0 saturated heterocycles. The number of ether oxygens (including phenoxy) is 2. The highest BCUT2D eigenvalue weighted by Gasteiger charge is 2.17. The van der Waals surface area contributed by atoms with Crippen LogP contribution in [0.5, 0.6) is 5.75 Å². The number of hydrogen-bond acceptors (Lipinski definition) is 6. The summed E-state index contributed by atoms with van der Waals surface area (Å²) in [7, 11) is -2.62. The fourth-order valence-corrected chi connectivity index (χ4v) is 4.16. The van der Waals surface area contributed by atoms with Crippen LogP contribution < -0.4 is 14.8 Å². The zero-order valence-electron chi connectivity index (χ0n) is 17.2. The Kier molecular flexibility index (Phi) is 7.80. The van der Waals surface area contributed by atoms with Crippen LogP contribution in [0.2, 0.25) is 10.0 Å². The standard InChI is InChI=1S/C22H18Cl2N2O6S/c1-31-22(28)14-2-6-16(7-3-14)25-21(27)13-32-20-11-10-18(12-19(20)24)33(29,30)26-17-8-4-15(23)5-9-17/h2-12,26H,13H2,1H3,(H,25,27). The van der Waals surface area contributed by atoms with Gasteiger partial charge in [0.05, 0.1) is 22.6 Å². The summed E-state index contributed by atoms with van der Waals surface area (Å²) in [5.74, 6) is -0.823. The van der Waals surface area contributed by atoms with Crippen molar-refractivity contribution in [1.29, 1.82) is 0 Å². The van der Waals surface area contributed by atoms with Crippen molar-refractivity contribution in [2.75, 3.05) is 23.8 Å². The molecule has 0 aliphatic carbocycles. The van der Waals surface area contributed by atoms with Crippen LogP contribution in [0.3, 0.4) is 0 Å². The van der Waals surface area contributed by atoms with E-state index in [1.165, 1.54) is 49.6 Å². The van der Waals surface area contributed by atoms with Crippen LogP contribution in [0.25, 0.3) is 0 Å². The lowest BCUT2D eigenvalue weighted by Crippen LogP contribution is -2.20. The van der Waals surface area contributed by atoms with Gasteiger partial charge >= 0.3 is 5.97 Å². The SMILES string of the molecule is COC(=O)c1ccc(NC(=O)COc2ccc(S(=O)(=O)Nc3ccc(Cl)cc3)cc2Cl)cc1. The van der Waals surface area contributed by atoms with Gasteiger partial charge in [-0.05, 0) is 66.7 Å². The summed E-state index contributed by atoms with van der Waals surface area (Å²) in [6.45, 7) is -0.367. The topological polar surface area (TPSA) is 111 Å². The van der Waals surface area contributed by atoms with Crippen molar-refractivity contribution in [2.45, 2.75) is 4.90 Å². The minimum Gasteiger partial charge on any atom is -0.482 e. The van der Waals surface area contributed by atoms with Crippen LogP contribution in [-0.4, -0.2) is 34.0 Å². The highest BCUT2D eigenvalue weighted by molar-refractivity contribution is 7.92. The number of anilines is 2. The number of benzene rings is 3. The summed E-state index contributed by atoms with van der Waals surface area (Å²) in [5, 5.41) is 3.10. The summed E-state index contributed by atoms with van der Waals surface area (Å²) in [6, 6.07) is 16.2. The predicted octanol–water partition coefficient (Wildman–Crippen LogP) is 4.60. The van der Waals surface area contributed by atoms with Gasteiger partial charge in [-0.15, -0.1) is 0 Å². The molecule has 172 valence electrons. The van der Waals surface area contributed by atoms with E-state index in [0.29, 0.717) is 22.0 Å². The Morgan fingerprint density at radius 1 is 0.909 bits per heavy atom. The van der Waals surface area contributed by atoms with Gasteiger partial charge in [-0.2, -0.15) is 0 Å². The number of methoxy groups -OCH3 is 1. The zero-order valence-corrected chi connectivity index (χ0v) is 19.5. The van der Waals surface area contributed by atoms with Gasteiger partial charge in [-0.1, -0.05) is 23.2 Å². The highest BCUT2D eigenvalue weighted by atomic mass is 35.5. The third-order valence-electron chi connectivity index (χ3n) is 4.26. The van der Waals surface area contributed by atoms with Crippen LogP contribution in [-0.2, 0) is 19.6 Å². The molecule has 3 aromatic carbocycles. The van der Waals surface area contributed by atoms with E-state index in [1.807, 2.05) is 0 Å². The number of sulfonamides is 1. The number of rotatable bonds is 8. The van der Waals surface area contributed by atoms with Crippen LogP contribution >= 0.6 is 23.2 Å². The van der Waals surface area contributed by atoms with Crippen molar-refractivity contribution in [3.8, 4) is 5.75 Å². The molecule has 1 amide bonds. The number of amides is 1. The molecule has 33 heavy (non-hydrogen) atoms. The van der Waals surface area contributed by atoms with E-state index in [0.717, 1.165) is 0 Å². The summed E-state index contributed by atoms with van der Waals surface area (Å²) in [4.78, 5) is 23.5. The molecule has 0 aliphatic rings. The summed E-state index contributed by atoms with van der Waals surface area (Å²) in [5.41, 5.74) is 1.14. The molecule has 0 radical (unpaired) electrons. The monoisotopic (exact) mass is 508 g/mol. The molecule has 3 aromatic rings. The number of carbonyl (C=O) groups is 2. The minimum absolute atomic E-state index is 0.0178. The fourth-order valence-electron chi connectivity index (χ4n) is 2.65. The van der Waals surface area contributed by atoms with Crippen LogP contribution in [0.1, 0.15) is 10.4 Å². The molecule has 0 atom stereocenters. The van der Waals surface area contributed by atoms with Crippen molar-refractivity contribution in [1.82, 2.24) is 0 Å². The number of halogens is 2. The molecule has 8 nitrogen and oxygen atoms in total. The normalized spacial score (nSPS) is 10.9. The number of carbonyl (C=O) groups excluding carboxylic acids is 2. The smallest absolute Gasteiger partial charge is 0.337 e. The molecule has 0 unspecified atom stereocenters. The summed E-state index contributed by atoms with van der Waals surface area (Å²) < 4.78 is 37.6. The second-order valence-corrected chi connectivity index (χ2v) is 9.14. The van der Waals surface area contributed by atoms with E-state index >= 15 is 0 Å². The molecule has 0 bridgehead atoms. The second kappa shape index (κ2) is 10.6. The highest BCUT2D eigenvalue weighted by Crippen LogP contribution is 2.28. The Balaban J connectivity index is 1.60. The van der Waals surface area contributed by atoms with Gasteiger partial charge in [0.2, 0.25) is 0 Å². The second-order valence-electron chi connectivity index (χ2n) is 6.61. The third kappa shape index (κ3) is 6.61. The average Bonchev–Trinajstić information content (AvgIpc) is 2.79. The average molecular weight is 509 g/mol. The van der Waals surface area contributed by atoms with Gasteiger partial charge in [-0.3, -0.25) is 9.52 Å². The zero-order chi connectivity index (χ0) is 24.0. The Hall–Kier alpha value is -3.27. The van der Waals surface area contributed by atoms with E-state index in [1.54, 1.807) is 24.3 Å². The van der Waals surface area contributed by atoms with Crippen molar-refractivity contribution >= 4 is 56.5 Å². The summed E-state index contributed by atoms with van der Waals surface area (Å²) >= 11 is 12.0. The Morgan fingerprint density at radius 2 is 1.55 bits per heavy atom. The molecule has 0 heterocycles. The molecule has 0 aliphatic heterocycles. The Labute approximate surface area is 200 Å². The maximum absolute atomic E-state index is 12.6. The van der Waals surface area contributed by atoms with Crippen molar-refractivity contribution < 1.29 is 27.5 Å². The molecular formula is C22H18Cl2N2O6S. The molecule has 0 saturated carbocycles. The van der Waals surface area contributed by atoms with Gasteiger partial charge in [0.1, 0.15) is 5.75 Å². The quantitative estimate of drug-likeness (QED) is 0.430. The first-order valence-corrected chi connectivity index (χ1v) is 11.6. The first-order chi connectivity index (χ1) is 15.7. The first kappa shape index (κ1) is 24.4. The van der Waals surface area contributed by atoms with Crippen LogP contribution in [0, 0.1) is 0 Å². The van der Waals surface area contributed by atoms with E-state index in [9.17, 15) is 18.0 Å². The third-order valence-corrected chi connectivity index (χ3v) is 6.18. The van der Waals surface area contributed by atoms with Crippen molar-refractivity contribution in [3.63, 3.8) is 0 Å². The lowest BCUT2D eigenvalue weighted by molar-refractivity contribution is -0.118. The van der Waals surface area contributed by atoms with Gasteiger partial charge in [0, 0.05) is 16.4 Å². The van der Waals surface area contributed by atoms with Gasteiger partial charge in [0.25, 0.3) is 15.9 Å². The van der Waals surface area contributed by atoms with E-state index < -0.39 is 21.9 Å². The minimum atomic E-state index is -3.89. The summed E-state index contributed by atoms with van der Waals surface area (Å²) in [6.07, 6.45) is 0. The predicted molar refractivity (Wildman–Crippen MR) is 126 cm³/mol. The van der Waals surface area contributed by atoms with E-state index in [-0.39, 0.29) is 22.3 Å². The van der Waals surface area contributed by atoms with Crippen LogP contribution in [0.4, 0.5) is 11.4 Å². The molecule has 0 spiro atoms. The van der Waals surface area contributed by atoms with Gasteiger partial charge in [0.15, 0.2) is 6.61 Å². The van der Waals surface area contributed by atoms with Crippen molar-refractivity contribution in [2.24, 2.45) is 0 Å². The van der Waals surface area contributed by atoms with E-state index in [2.05, 4.69) is 14.8 Å². The maximum atomic E-state index is 12.6. The molecule has 0 fully saturated rings. The number of esters is 1. The number of hydrogen-bond donors (Lipinski definition) is 2. The van der Waals surface area contributed by atoms with Crippen LogP contribution in [0.15, 0.2) is 71.6 Å². The van der Waals surface area contributed by atoms with Gasteiger partial charge < -0.3 is 14.8 Å². The van der Waals surface area contributed by atoms with E-state index in [4.69, 9.17) is 27.9 Å². The largest absolute Gasteiger partial charge is 0.482 e. The molecule has 11 heteroatoms. The lowest BCUT2D eigenvalue weighted by atomic mass is 10.2. The number of nitrogens with one attached hydrogen (secondary N) is 2.